The van der Waals surface area contributed by atoms with Gasteiger partial charge in [-0.2, -0.15) is 0 Å². The highest BCUT2D eigenvalue weighted by atomic mass is 16.5. The molecule has 1 saturated heterocycles. The first-order valence-electron chi connectivity index (χ1n) is 8.00. The molecule has 4 rings (SSSR count). The Labute approximate surface area is 144 Å². The highest BCUT2D eigenvalue weighted by Crippen LogP contribution is 2.28. The third-order valence-electron chi connectivity index (χ3n) is 4.16. The number of aromatic nitrogens is 3. The quantitative estimate of drug-likeness (QED) is 0.795. The van der Waals surface area contributed by atoms with Crippen molar-refractivity contribution in [1.29, 1.82) is 0 Å². The number of pyridine rings is 1. The normalized spacial score (nSPS) is 13.9. The number of carbonyl (C=O) groups is 1. The average molecular weight is 332 g/mol. The second kappa shape index (κ2) is 6.78. The van der Waals surface area contributed by atoms with Crippen LogP contribution in [0.2, 0.25) is 0 Å². The molecule has 1 amide bonds. The van der Waals surface area contributed by atoms with Gasteiger partial charge in [0.25, 0.3) is 5.91 Å². The number of nitrogens with one attached hydrogen (secondary N) is 1. The summed E-state index contributed by atoms with van der Waals surface area (Å²) in [5, 5.41) is 2.74. The topological polar surface area (TPSA) is 77.0 Å². The Bertz CT molecular complexity index is 877. The Morgan fingerprint density at radius 3 is 2.56 bits per heavy atom. The molecule has 25 heavy (non-hydrogen) atoms. The van der Waals surface area contributed by atoms with Crippen LogP contribution in [0.25, 0.3) is 11.1 Å². The lowest BCUT2D eigenvalue weighted by Crippen LogP contribution is -2.24. The van der Waals surface area contributed by atoms with Gasteiger partial charge in [-0.3, -0.25) is 4.79 Å². The van der Waals surface area contributed by atoms with Gasteiger partial charge in [-0.05, 0) is 23.3 Å². The minimum atomic E-state index is -0.284. The van der Waals surface area contributed by atoms with Crippen LogP contribution in [-0.2, 0) is 4.74 Å². The fraction of sp³-hybridized carbons (Fsp3) is 0.158. The van der Waals surface area contributed by atoms with Crippen LogP contribution in [-0.4, -0.2) is 34.1 Å². The highest BCUT2D eigenvalue weighted by Gasteiger charge is 2.20. The van der Waals surface area contributed by atoms with E-state index in [0.29, 0.717) is 17.3 Å². The summed E-state index contributed by atoms with van der Waals surface area (Å²) >= 11 is 0. The summed E-state index contributed by atoms with van der Waals surface area (Å²) in [6.45, 7) is 1.58. The zero-order valence-corrected chi connectivity index (χ0v) is 13.4. The standard InChI is InChI=1S/C19H16N4O2/c24-19(16-7-20-12-21-8-16)23-18-5-4-15(9-22-18)13-2-1-3-14(6-13)17-10-25-11-17/h1-9,12,17H,10-11H2,(H,22,23,24). The predicted molar refractivity (Wildman–Crippen MR) is 93.2 cm³/mol. The van der Waals surface area contributed by atoms with Gasteiger partial charge in [0.15, 0.2) is 0 Å². The monoisotopic (exact) mass is 332 g/mol. The number of hydrogen-bond acceptors (Lipinski definition) is 5. The molecule has 124 valence electrons. The number of benzene rings is 1. The molecule has 1 aliphatic heterocycles. The highest BCUT2D eigenvalue weighted by molar-refractivity contribution is 6.03. The van der Waals surface area contributed by atoms with Crippen molar-refractivity contribution >= 4 is 11.7 Å². The van der Waals surface area contributed by atoms with Crippen LogP contribution >= 0.6 is 0 Å². The van der Waals surface area contributed by atoms with Crippen LogP contribution in [0.15, 0.2) is 61.3 Å². The van der Waals surface area contributed by atoms with E-state index in [0.717, 1.165) is 24.3 Å². The van der Waals surface area contributed by atoms with Gasteiger partial charge in [-0.1, -0.05) is 24.3 Å². The van der Waals surface area contributed by atoms with Crippen LogP contribution in [0.5, 0.6) is 0 Å². The van der Waals surface area contributed by atoms with E-state index >= 15 is 0 Å². The van der Waals surface area contributed by atoms with Crippen molar-refractivity contribution in [3.8, 4) is 11.1 Å². The molecule has 0 bridgehead atoms. The van der Waals surface area contributed by atoms with Gasteiger partial charge < -0.3 is 10.1 Å². The lowest BCUT2D eigenvalue weighted by atomic mass is 9.94. The zero-order chi connectivity index (χ0) is 17.1. The van der Waals surface area contributed by atoms with E-state index in [1.165, 1.54) is 24.3 Å². The molecule has 1 aromatic carbocycles. The number of ether oxygens (including phenoxy) is 1. The number of rotatable bonds is 4. The third kappa shape index (κ3) is 3.39. The number of amides is 1. The molecule has 1 fully saturated rings. The minimum Gasteiger partial charge on any atom is -0.380 e. The maximum Gasteiger partial charge on any atom is 0.259 e. The molecule has 3 heterocycles. The first-order valence-corrected chi connectivity index (χ1v) is 8.00. The summed E-state index contributed by atoms with van der Waals surface area (Å²) < 4.78 is 5.26. The van der Waals surface area contributed by atoms with Gasteiger partial charge in [-0.25, -0.2) is 15.0 Å². The van der Waals surface area contributed by atoms with Gasteiger partial charge in [0.2, 0.25) is 0 Å². The fourth-order valence-corrected chi connectivity index (χ4v) is 2.64. The molecule has 1 aliphatic rings. The largest absolute Gasteiger partial charge is 0.380 e. The van der Waals surface area contributed by atoms with Gasteiger partial charge >= 0.3 is 0 Å². The number of nitrogens with zero attached hydrogens (tertiary/aromatic N) is 3. The smallest absolute Gasteiger partial charge is 0.259 e. The summed E-state index contributed by atoms with van der Waals surface area (Å²) in [7, 11) is 0. The van der Waals surface area contributed by atoms with Crippen molar-refractivity contribution < 1.29 is 9.53 Å². The van der Waals surface area contributed by atoms with E-state index in [-0.39, 0.29) is 5.91 Å². The average Bonchev–Trinajstić information content (AvgIpc) is 2.62. The Morgan fingerprint density at radius 2 is 1.88 bits per heavy atom. The Morgan fingerprint density at radius 1 is 1.04 bits per heavy atom. The van der Waals surface area contributed by atoms with E-state index in [1.807, 2.05) is 12.1 Å². The second-order valence-corrected chi connectivity index (χ2v) is 5.87. The summed E-state index contributed by atoms with van der Waals surface area (Å²) in [5.41, 5.74) is 3.78. The summed E-state index contributed by atoms with van der Waals surface area (Å²) in [4.78, 5) is 24.1. The van der Waals surface area contributed by atoms with Crippen molar-refractivity contribution in [3.63, 3.8) is 0 Å². The number of anilines is 1. The SMILES string of the molecule is O=C(Nc1ccc(-c2cccc(C3COC3)c2)cn1)c1cncnc1. The van der Waals surface area contributed by atoms with Crippen molar-refractivity contribution in [2.75, 3.05) is 18.5 Å². The van der Waals surface area contributed by atoms with Crippen LogP contribution in [0.3, 0.4) is 0 Å². The van der Waals surface area contributed by atoms with Crippen LogP contribution in [0.1, 0.15) is 21.8 Å². The van der Waals surface area contributed by atoms with Gasteiger partial charge in [0, 0.05) is 30.1 Å². The summed E-state index contributed by atoms with van der Waals surface area (Å²) in [6, 6.07) is 12.1. The Kier molecular flexibility index (Phi) is 4.18. The fourth-order valence-electron chi connectivity index (χ4n) is 2.64. The third-order valence-corrected chi connectivity index (χ3v) is 4.16. The van der Waals surface area contributed by atoms with E-state index in [1.54, 1.807) is 12.3 Å². The van der Waals surface area contributed by atoms with Crippen LogP contribution in [0, 0.1) is 0 Å². The lowest BCUT2D eigenvalue weighted by Gasteiger charge is -2.26. The second-order valence-electron chi connectivity index (χ2n) is 5.87. The Hall–Kier alpha value is -3.12. The zero-order valence-electron chi connectivity index (χ0n) is 13.4. The van der Waals surface area contributed by atoms with Crippen LogP contribution < -0.4 is 5.32 Å². The van der Waals surface area contributed by atoms with Crippen molar-refractivity contribution in [2.45, 2.75) is 5.92 Å². The van der Waals surface area contributed by atoms with Gasteiger partial charge in [0.05, 0.1) is 18.8 Å². The van der Waals surface area contributed by atoms with Crippen molar-refractivity contribution in [3.05, 3.63) is 72.4 Å². The maximum atomic E-state index is 12.1. The van der Waals surface area contributed by atoms with Gasteiger partial charge in [0.1, 0.15) is 12.1 Å². The molecule has 1 N–H and O–H groups in total. The van der Waals surface area contributed by atoms with E-state index in [2.05, 4.69) is 38.5 Å². The molecule has 0 saturated carbocycles. The van der Waals surface area contributed by atoms with Crippen LogP contribution in [0.4, 0.5) is 5.82 Å². The summed E-state index contributed by atoms with van der Waals surface area (Å²) in [5.74, 6) is 0.688. The number of hydrogen-bond donors (Lipinski definition) is 1. The van der Waals surface area contributed by atoms with Gasteiger partial charge in [-0.15, -0.1) is 0 Å². The molecule has 0 spiro atoms. The summed E-state index contributed by atoms with van der Waals surface area (Å²) in [6.07, 6.45) is 6.07. The molecule has 6 nitrogen and oxygen atoms in total. The Balaban J connectivity index is 1.49. The first kappa shape index (κ1) is 15.4. The number of carbonyl (C=O) groups excluding carboxylic acids is 1. The molecule has 0 aliphatic carbocycles. The molecule has 2 aromatic heterocycles. The minimum absolute atomic E-state index is 0.284. The maximum absolute atomic E-state index is 12.1. The molecule has 3 aromatic rings. The molecular formula is C19H16N4O2. The predicted octanol–water partition coefficient (Wildman–Crippen LogP) is 2.90. The van der Waals surface area contributed by atoms with Crippen molar-refractivity contribution in [2.24, 2.45) is 0 Å². The lowest BCUT2D eigenvalue weighted by molar-refractivity contribution is 0.00844. The molecule has 0 radical (unpaired) electrons. The molecular weight excluding hydrogens is 316 g/mol. The van der Waals surface area contributed by atoms with Crippen molar-refractivity contribution in [1.82, 2.24) is 15.0 Å². The van der Waals surface area contributed by atoms with E-state index in [9.17, 15) is 4.79 Å². The van der Waals surface area contributed by atoms with E-state index < -0.39 is 0 Å². The molecule has 0 atom stereocenters. The van der Waals surface area contributed by atoms with E-state index in [4.69, 9.17) is 4.74 Å². The first-order chi connectivity index (χ1) is 12.3. The molecule has 0 unspecified atom stereocenters. The molecule has 6 heteroatoms.